The van der Waals surface area contributed by atoms with Gasteiger partial charge in [-0.25, -0.2) is 0 Å². The van der Waals surface area contributed by atoms with Crippen LogP contribution in [0.5, 0.6) is 5.75 Å². The van der Waals surface area contributed by atoms with E-state index in [1.807, 2.05) is 24.3 Å². The molecule has 0 aromatic heterocycles. The van der Waals surface area contributed by atoms with Gasteiger partial charge in [0.15, 0.2) is 0 Å². The van der Waals surface area contributed by atoms with Gasteiger partial charge in [0, 0.05) is 5.56 Å². The van der Waals surface area contributed by atoms with Crippen molar-refractivity contribution in [2.45, 2.75) is 12.5 Å². The number of carbonyl (C=O) groups is 2. The van der Waals surface area contributed by atoms with Crippen LogP contribution in [0.25, 0.3) is 11.1 Å². The molecule has 2 unspecified atom stereocenters. The molecule has 1 N–H and O–H groups in total. The first kappa shape index (κ1) is 22.0. The van der Waals surface area contributed by atoms with E-state index in [1.54, 1.807) is 24.3 Å². The Morgan fingerprint density at radius 2 is 1.80 bits per heavy atom. The Hall–Kier alpha value is -2.67. The van der Waals surface area contributed by atoms with Crippen LogP contribution in [0.15, 0.2) is 48.5 Å². The number of benzene rings is 2. The highest BCUT2D eigenvalue weighted by Gasteiger charge is 2.38. The van der Waals surface area contributed by atoms with Crippen LogP contribution in [0.4, 0.5) is 0 Å². The summed E-state index contributed by atoms with van der Waals surface area (Å²) in [6.07, 6.45) is -1.04. The van der Waals surface area contributed by atoms with E-state index >= 15 is 0 Å². The molecule has 2 aromatic carbocycles. The van der Waals surface area contributed by atoms with E-state index in [9.17, 15) is 14.2 Å². The largest absolute Gasteiger partial charge is 0.465 e. The molecule has 0 fully saturated rings. The van der Waals surface area contributed by atoms with Crippen molar-refractivity contribution in [1.29, 1.82) is 0 Å². The minimum atomic E-state index is -3.42. The number of hydrogen-bond donors (Lipinski definition) is 1. The Morgan fingerprint density at radius 1 is 1.07 bits per heavy atom. The van der Waals surface area contributed by atoms with E-state index in [4.69, 9.17) is 19.1 Å². The van der Waals surface area contributed by atoms with Gasteiger partial charge in [0.25, 0.3) is 13.8 Å². The first-order chi connectivity index (χ1) is 14.6. The molecule has 0 spiro atoms. The van der Waals surface area contributed by atoms with E-state index in [2.05, 4.69) is 4.74 Å². The van der Waals surface area contributed by atoms with Crippen molar-refractivity contribution in [2.75, 3.05) is 32.6 Å². The van der Waals surface area contributed by atoms with Gasteiger partial charge >= 0.3 is 5.97 Å². The van der Waals surface area contributed by atoms with E-state index in [-0.39, 0.29) is 39.0 Å². The topological polar surface area (TPSA) is 108 Å². The molecule has 1 aliphatic heterocycles. The van der Waals surface area contributed by atoms with Gasteiger partial charge in [0.1, 0.15) is 19.0 Å². The van der Waals surface area contributed by atoms with Crippen LogP contribution in [0.2, 0.25) is 0 Å². The minimum Gasteiger partial charge on any atom is -0.465 e. The molecule has 0 saturated carbocycles. The Balaban J connectivity index is 1.84. The van der Waals surface area contributed by atoms with Crippen LogP contribution < -0.4 is 9.83 Å². The van der Waals surface area contributed by atoms with Crippen LogP contribution >= 0.6 is 7.37 Å². The molecule has 0 amide bonds. The summed E-state index contributed by atoms with van der Waals surface area (Å²) < 4.78 is 35.1. The molecule has 0 saturated heterocycles. The van der Waals surface area contributed by atoms with Crippen LogP contribution in [-0.2, 0) is 28.4 Å². The predicted molar refractivity (Wildman–Crippen MR) is 109 cm³/mol. The third kappa shape index (κ3) is 5.27. The van der Waals surface area contributed by atoms with E-state index in [0.717, 1.165) is 11.1 Å². The number of carbonyl (C=O) groups excluding carboxylic acids is 2. The molecule has 8 nitrogen and oxygen atoms in total. The molecular formula is C21H23O8P. The van der Waals surface area contributed by atoms with Crippen LogP contribution in [0.3, 0.4) is 0 Å². The first-order valence-corrected chi connectivity index (χ1v) is 11.3. The first-order valence-electron chi connectivity index (χ1n) is 9.48. The molecule has 0 aliphatic carbocycles. The molecule has 0 radical (unpaired) electrons. The molecule has 3 rings (SSSR count). The summed E-state index contributed by atoms with van der Waals surface area (Å²) in [5, 5.41) is 9.39. The molecule has 0 bridgehead atoms. The lowest BCUT2D eigenvalue weighted by Crippen LogP contribution is -2.30. The molecular weight excluding hydrogens is 411 g/mol. The van der Waals surface area contributed by atoms with Gasteiger partial charge in [-0.15, -0.1) is 0 Å². The van der Waals surface area contributed by atoms with Crippen molar-refractivity contribution in [3.05, 3.63) is 48.5 Å². The number of aliphatic hydroxyl groups excluding tert-OH is 1. The summed E-state index contributed by atoms with van der Waals surface area (Å²) in [5.41, 5.74) is 1.66. The zero-order valence-electron chi connectivity index (χ0n) is 16.3. The SMILES string of the molecule is O=COCCOC(CC(=O)OCCO)CP1(=O)Oc2ccccc2-c2ccccc21. The lowest BCUT2D eigenvalue weighted by atomic mass is 10.0. The van der Waals surface area contributed by atoms with Crippen molar-refractivity contribution < 1.29 is 38.0 Å². The zero-order valence-corrected chi connectivity index (χ0v) is 17.2. The zero-order chi connectivity index (χ0) is 21.4. The number of rotatable bonds is 11. The lowest BCUT2D eigenvalue weighted by molar-refractivity contribution is -0.148. The quantitative estimate of drug-likeness (QED) is 0.248. The second-order valence-corrected chi connectivity index (χ2v) is 8.94. The molecule has 1 heterocycles. The third-order valence-corrected chi connectivity index (χ3v) is 7.01. The highest BCUT2D eigenvalue weighted by Crippen LogP contribution is 2.55. The van der Waals surface area contributed by atoms with Crippen molar-refractivity contribution in [2.24, 2.45) is 0 Å². The fourth-order valence-corrected chi connectivity index (χ4v) is 5.76. The number of esters is 1. The van der Waals surface area contributed by atoms with Gasteiger partial charge in [0.05, 0.1) is 37.2 Å². The lowest BCUT2D eigenvalue weighted by Gasteiger charge is -2.30. The molecule has 160 valence electrons. The minimum absolute atomic E-state index is 0.00370. The predicted octanol–water partition coefficient (Wildman–Crippen LogP) is 2.13. The van der Waals surface area contributed by atoms with Gasteiger partial charge < -0.3 is 23.8 Å². The Bertz CT molecular complexity index is 929. The maximum absolute atomic E-state index is 13.9. The van der Waals surface area contributed by atoms with Crippen LogP contribution in [0, 0.1) is 0 Å². The van der Waals surface area contributed by atoms with Gasteiger partial charge in [-0.2, -0.15) is 0 Å². The summed E-state index contributed by atoms with van der Waals surface area (Å²) in [4.78, 5) is 22.4. The number of fused-ring (bicyclic) bond motifs is 3. The van der Waals surface area contributed by atoms with Gasteiger partial charge in [-0.05, 0) is 17.7 Å². The fourth-order valence-electron chi connectivity index (χ4n) is 3.27. The van der Waals surface area contributed by atoms with Crippen molar-refractivity contribution in [1.82, 2.24) is 0 Å². The van der Waals surface area contributed by atoms with Crippen LogP contribution in [-0.4, -0.2) is 56.2 Å². The number of aliphatic hydroxyl groups is 1. The fraction of sp³-hybridized carbons (Fsp3) is 0.333. The molecule has 2 atom stereocenters. The Labute approximate surface area is 174 Å². The Morgan fingerprint density at radius 3 is 2.57 bits per heavy atom. The average molecular weight is 434 g/mol. The van der Waals surface area contributed by atoms with Crippen molar-refractivity contribution in [3.8, 4) is 16.9 Å². The summed E-state index contributed by atoms with van der Waals surface area (Å²) in [5.74, 6) is -0.0897. The smallest absolute Gasteiger partial charge is 0.308 e. The number of hydrogen-bond acceptors (Lipinski definition) is 8. The maximum atomic E-state index is 13.9. The van der Waals surface area contributed by atoms with Gasteiger partial charge in [-0.1, -0.05) is 36.4 Å². The normalized spacial score (nSPS) is 17.8. The second kappa shape index (κ2) is 10.4. The van der Waals surface area contributed by atoms with Crippen molar-refractivity contribution >= 4 is 25.1 Å². The van der Waals surface area contributed by atoms with Crippen LogP contribution in [0.1, 0.15) is 6.42 Å². The second-order valence-electron chi connectivity index (χ2n) is 6.57. The monoisotopic (exact) mass is 434 g/mol. The molecule has 1 aliphatic rings. The summed E-state index contributed by atoms with van der Waals surface area (Å²) in [6, 6.07) is 14.6. The standard InChI is InChI=1S/C21H23O8P/c22-9-10-28-21(24)13-16(27-12-11-26-15-23)14-30(25)20-8-4-2-6-18(20)17-5-1-3-7-19(17)29-30/h1-8,15-16,22H,9-14H2. The molecule has 9 heteroatoms. The van der Waals surface area contributed by atoms with E-state index in [0.29, 0.717) is 17.5 Å². The average Bonchev–Trinajstić information content (AvgIpc) is 2.75. The van der Waals surface area contributed by atoms with E-state index in [1.165, 1.54) is 0 Å². The third-order valence-electron chi connectivity index (χ3n) is 4.51. The maximum Gasteiger partial charge on any atom is 0.308 e. The summed E-state index contributed by atoms with van der Waals surface area (Å²) in [6.45, 7) is -0.112. The Kier molecular flexibility index (Phi) is 7.63. The summed E-state index contributed by atoms with van der Waals surface area (Å²) in [7, 11) is -3.42. The molecule has 30 heavy (non-hydrogen) atoms. The van der Waals surface area contributed by atoms with Crippen molar-refractivity contribution in [3.63, 3.8) is 0 Å². The number of para-hydroxylation sites is 1. The number of ether oxygens (including phenoxy) is 3. The summed E-state index contributed by atoms with van der Waals surface area (Å²) >= 11 is 0. The van der Waals surface area contributed by atoms with E-state index < -0.39 is 19.4 Å². The highest BCUT2D eigenvalue weighted by atomic mass is 31.2. The van der Waals surface area contributed by atoms with Gasteiger partial charge in [-0.3, -0.25) is 14.2 Å². The van der Waals surface area contributed by atoms with Gasteiger partial charge in [0.2, 0.25) is 0 Å². The molecule has 2 aromatic rings. The highest BCUT2D eigenvalue weighted by molar-refractivity contribution is 7.67.